The molecule has 2 heterocycles. The SMILES string of the molecule is CCNCc1ccc(OCc2csc(C)n2)cn1. The van der Waals surface area contributed by atoms with Crippen molar-refractivity contribution in [2.75, 3.05) is 6.54 Å². The van der Waals surface area contributed by atoms with E-state index < -0.39 is 0 Å². The monoisotopic (exact) mass is 263 g/mol. The summed E-state index contributed by atoms with van der Waals surface area (Å²) in [4.78, 5) is 8.68. The Bertz CT molecular complexity index is 481. The zero-order chi connectivity index (χ0) is 12.8. The van der Waals surface area contributed by atoms with E-state index in [0.29, 0.717) is 6.61 Å². The van der Waals surface area contributed by atoms with Gasteiger partial charge < -0.3 is 10.1 Å². The zero-order valence-electron chi connectivity index (χ0n) is 10.6. The maximum Gasteiger partial charge on any atom is 0.138 e. The zero-order valence-corrected chi connectivity index (χ0v) is 11.5. The van der Waals surface area contributed by atoms with Gasteiger partial charge >= 0.3 is 0 Å². The summed E-state index contributed by atoms with van der Waals surface area (Å²) >= 11 is 1.64. The molecule has 2 aromatic heterocycles. The van der Waals surface area contributed by atoms with Crippen LogP contribution in [0.2, 0.25) is 0 Å². The molecule has 0 saturated heterocycles. The highest BCUT2D eigenvalue weighted by Gasteiger charge is 2.00. The van der Waals surface area contributed by atoms with Crippen LogP contribution >= 0.6 is 11.3 Å². The molecule has 0 bridgehead atoms. The summed E-state index contributed by atoms with van der Waals surface area (Å²) in [6.07, 6.45) is 1.76. The Morgan fingerprint density at radius 3 is 2.83 bits per heavy atom. The first-order valence-electron chi connectivity index (χ1n) is 5.97. The van der Waals surface area contributed by atoms with Crippen molar-refractivity contribution in [1.29, 1.82) is 0 Å². The molecular formula is C13H17N3OS. The van der Waals surface area contributed by atoms with Crippen molar-refractivity contribution in [2.24, 2.45) is 0 Å². The second-order valence-electron chi connectivity index (χ2n) is 3.91. The number of ether oxygens (including phenoxy) is 1. The van der Waals surface area contributed by atoms with Crippen LogP contribution in [-0.2, 0) is 13.2 Å². The molecule has 0 aliphatic rings. The highest BCUT2D eigenvalue weighted by Crippen LogP contribution is 2.13. The topological polar surface area (TPSA) is 47.0 Å². The Kier molecular flexibility index (Phi) is 4.66. The molecule has 1 N–H and O–H groups in total. The number of hydrogen-bond acceptors (Lipinski definition) is 5. The number of thiazole rings is 1. The number of pyridine rings is 1. The Morgan fingerprint density at radius 2 is 2.22 bits per heavy atom. The van der Waals surface area contributed by atoms with Gasteiger partial charge in [-0.3, -0.25) is 4.98 Å². The van der Waals surface area contributed by atoms with E-state index in [1.54, 1.807) is 17.5 Å². The number of nitrogens with zero attached hydrogens (tertiary/aromatic N) is 2. The van der Waals surface area contributed by atoms with E-state index in [1.807, 2.05) is 24.4 Å². The predicted molar refractivity (Wildman–Crippen MR) is 72.8 cm³/mol. The summed E-state index contributed by atoms with van der Waals surface area (Å²) in [6, 6.07) is 3.92. The fraction of sp³-hybridized carbons (Fsp3) is 0.385. The van der Waals surface area contributed by atoms with E-state index in [4.69, 9.17) is 4.74 Å². The fourth-order valence-corrected chi connectivity index (χ4v) is 2.08. The Balaban J connectivity index is 1.86. The Labute approximate surface area is 111 Å². The average molecular weight is 263 g/mol. The highest BCUT2D eigenvalue weighted by atomic mass is 32.1. The van der Waals surface area contributed by atoms with Crippen LogP contribution in [0.1, 0.15) is 23.3 Å². The van der Waals surface area contributed by atoms with Crippen LogP contribution in [0.5, 0.6) is 5.75 Å². The lowest BCUT2D eigenvalue weighted by atomic mass is 10.3. The predicted octanol–water partition coefficient (Wildman–Crippen LogP) is 2.54. The standard InChI is InChI=1S/C13H17N3OS/c1-3-14-6-11-4-5-13(7-15-11)17-8-12-9-18-10(2)16-12/h4-5,7,9,14H,3,6,8H2,1-2H3. The van der Waals surface area contributed by atoms with Gasteiger partial charge in [-0.05, 0) is 25.6 Å². The lowest BCUT2D eigenvalue weighted by molar-refractivity contribution is 0.300. The molecule has 0 spiro atoms. The van der Waals surface area contributed by atoms with Crippen molar-refractivity contribution in [3.8, 4) is 5.75 Å². The lowest BCUT2D eigenvalue weighted by Crippen LogP contribution is -2.12. The molecule has 5 heteroatoms. The van der Waals surface area contributed by atoms with Gasteiger partial charge in [0, 0.05) is 11.9 Å². The maximum atomic E-state index is 5.63. The molecule has 0 fully saturated rings. The lowest BCUT2D eigenvalue weighted by Gasteiger charge is -2.05. The molecule has 0 atom stereocenters. The van der Waals surface area contributed by atoms with E-state index in [2.05, 4.69) is 22.2 Å². The molecule has 0 amide bonds. The average Bonchev–Trinajstić information content (AvgIpc) is 2.81. The number of nitrogens with one attached hydrogen (secondary N) is 1. The highest BCUT2D eigenvalue weighted by molar-refractivity contribution is 7.09. The van der Waals surface area contributed by atoms with Crippen molar-refractivity contribution in [3.05, 3.63) is 40.1 Å². The van der Waals surface area contributed by atoms with Gasteiger partial charge in [-0.25, -0.2) is 4.98 Å². The first-order chi connectivity index (χ1) is 8.78. The second-order valence-corrected chi connectivity index (χ2v) is 4.97. The largest absolute Gasteiger partial charge is 0.486 e. The van der Waals surface area contributed by atoms with E-state index in [1.165, 1.54) is 0 Å². The molecule has 0 saturated carbocycles. The summed E-state index contributed by atoms with van der Waals surface area (Å²) in [5.74, 6) is 0.779. The minimum Gasteiger partial charge on any atom is -0.486 e. The van der Waals surface area contributed by atoms with E-state index >= 15 is 0 Å². The summed E-state index contributed by atoms with van der Waals surface area (Å²) < 4.78 is 5.63. The van der Waals surface area contributed by atoms with Gasteiger partial charge in [0.25, 0.3) is 0 Å². The van der Waals surface area contributed by atoms with Gasteiger partial charge in [-0.15, -0.1) is 11.3 Å². The van der Waals surface area contributed by atoms with E-state index in [9.17, 15) is 0 Å². The van der Waals surface area contributed by atoms with Crippen molar-refractivity contribution in [2.45, 2.75) is 27.0 Å². The number of aromatic nitrogens is 2. The molecule has 0 aromatic carbocycles. The smallest absolute Gasteiger partial charge is 0.138 e. The molecule has 0 radical (unpaired) electrons. The first kappa shape index (κ1) is 13.0. The summed E-state index contributed by atoms with van der Waals surface area (Å²) in [5.41, 5.74) is 1.99. The van der Waals surface area contributed by atoms with Crippen LogP contribution in [-0.4, -0.2) is 16.5 Å². The van der Waals surface area contributed by atoms with Crippen LogP contribution < -0.4 is 10.1 Å². The Morgan fingerprint density at radius 1 is 1.33 bits per heavy atom. The minimum atomic E-state index is 0.499. The summed E-state index contributed by atoms with van der Waals surface area (Å²) in [5, 5.41) is 6.31. The van der Waals surface area contributed by atoms with Crippen LogP contribution in [0.15, 0.2) is 23.7 Å². The van der Waals surface area contributed by atoms with Crippen LogP contribution in [0, 0.1) is 6.92 Å². The van der Waals surface area contributed by atoms with Gasteiger partial charge in [0.15, 0.2) is 0 Å². The van der Waals surface area contributed by atoms with Gasteiger partial charge in [0.1, 0.15) is 12.4 Å². The van der Waals surface area contributed by atoms with Gasteiger partial charge in [-0.1, -0.05) is 6.92 Å². The molecule has 2 aromatic rings. The minimum absolute atomic E-state index is 0.499. The maximum absolute atomic E-state index is 5.63. The van der Waals surface area contributed by atoms with Crippen LogP contribution in [0.4, 0.5) is 0 Å². The molecule has 2 rings (SSSR count). The van der Waals surface area contributed by atoms with E-state index in [0.717, 1.165) is 35.2 Å². The molecule has 4 nitrogen and oxygen atoms in total. The summed E-state index contributed by atoms with van der Waals surface area (Å²) in [6.45, 7) is 6.31. The van der Waals surface area contributed by atoms with Gasteiger partial charge in [0.2, 0.25) is 0 Å². The van der Waals surface area contributed by atoms with Crippen LogP contribution in [0.25, 0.3) is 0 Å². The van der Waals surface area contributed by atoms with Crippen molar-refractivity contribution in [1.82, 2.24) is 15.3 Å². The molecular weight excluding hydrogens is 246 g/mol. The third-order valence-electron chi connectivity index (χ3n) is 2.41. The molecule has 18 heavy (non-hydrogen) atoms. The molecule has 96 valence electrons. The number of aryl methyl sites for hydroxylation is 1. The fourth-order valence-electron chi connectivity index (χ4n) is 1.49. The van der Waals surface area contributed by atoms with Crippen molar-refractivity contribution in [3.63, 3.8) is 0 Å². The van der Waals surface area contributed by atoms with Crippen molar-refractivity contribution < 1.29 is 4.74 Å². The van der Waals surface area contributed by atoms with Crippen LogP contribution in [0.3, 0.4) is 0 Å². The number of rotatable bonds is 6. The molecule has 0 aliphatic heterocycles. The van der Waals surface area contributed by atoms with Gasteiger partial charge in [0.05, 0.1) is 22.6 Å². The van der Waals surface area contributed by atoms with Gasteiger partial charge in [-0.2, -0.15) is 0 Å². The third-order valence-corrected chi connectivity index (χ3v) is 3.23. The quantitative estimate of drug-likeness (QED) is 0.870. The second kappa shape index (κ2) is 6.47. The molecule has 0 unspecified atom stereocenters. The summed E-state index contributed by atoms with van der Waals surface area (Å²) in [7, 11) is 0. The molecule has 0 aliphatic carbocycles. The van der Waals surface area contributed by atoms with E-state index in [-0.39, 0.29) is 0 Å². The normalized spacial score (nSPS) is 10.6. The first-order valence-corrected chi connectivity index (χ1v) is 6.85. The Hall–Kier alpha value is -1.46. The number of hydrogen-bond donors (Lipinski definition) is 1. The van der Waals surface area contributed by atoms with Crippen molar-refractivity contribution >= 4 is 11.3 Å². The third kappa shape index (κ3) is 3.78.